The average Bonchev–Trinajstić information content (AvgIpc) is 2.47. The van der Waals surface area contributed by atoms with Gasteiger partial charge in [-0.15, -0.1) is 0 Å². The number of hydrogen-bond acceptors (Lipinski definition) is 3. The third-order valence-electron chi connectivity index (χ3n) is 5.42. The van der Waals surface area contributed by atoms with Crippen molar-refractivity contribution >= 4 is 8.32 Å². The van der Waals surface area contributed by atoms with E-state index in [2.05, 4.69) is 75.0 Å². The van der Waals surface area contributed by atoms with Crippen molar-refractivity contribution in [3.8, 4) is 5.75 Å². The molecule has 1 aromatic rings. The highest BCUT2D eigenvalue weighted by molar-refractivity contribution is 6.74. The molecule has 0 aliphatic carbocycles. The Kier molecular flexibility index (Phi) is 5.92. The van der Waals surface area contributed by atoms with Gasteiger partial charge < -0.3 is 14.2 Å². The zero-order valence-corrected chi connectivity index (χ0v) is 16.9. The van der Waals surface area contributed by atoms with Crippen LogP contribution in [0.25, 0.3) is 0 Å². The van der Waals surface area contributed by atoms with Crippen molar-refractivity contribution in [2.24, 2.45) is 0 Å². The molecule has 23 heavy (non-hydrogen) atoms. The predicted octanol–water partition coefficient (Wildman–Crippen LogP) is 3.86. The molecule has 0 unspecified atom stereocenters. The molecule has 2 rings (SSSR count). The topological polar surface area (TPSA) is 15.7 Å². The van der Waals surface area contributed by atoms with Gasteiger partial charge in [-0.05, 0) is 49.3 Å². The van der Waals surface area contributed by atoms with E-state index < -0.39 is 8.32 Å². The Morgan fingerprint density at radius 2 is 1.57 bits per heavy atom. The molecule has 0 atom stereocenters. The minimum Gasteiger partial charge on any atom is -0.544 e. The highest BCUT2D eigenvalue weighted by Gasteiger charge is 2.38. The Hall–Kier alpha value is -0.843. The van der Waals surface area contributed by atoms with Crippen molar-refractivity contribution in [2.45, 2.75) is 45.3 Å². The largest absolute Gasteiger partial charge is 0.544 e. The van der Waals surface area contributed by atoms with Crippen LogP contribution in [0.15, 0.2) is 24.3 Å². The first-order chi connectivity index (χ1) is 10.7. The number of rotatable bonds is 5. The summed E-state index contributed by atoms with van der Waals surface area (Å²) in [6.45, 7) is 17.4. The summed E-state index contributed by atoms with van der Waals surface area (Å²) in [5.74, 6) is 1.03. The Balaban J connectivity index is 1.85. The monoisotopic (exact) mass is 334 g/mol. The van der Waals surface area contributed by atoms with Gasteiger partial charge in [-0.1, -0.05) is 32.9 Å². The summed E-state index contributed by atoms with van der Waals surface area (Å²) in [6, 6.07) is 8.77. The Bertz CT molecular complexity index is 485. The lowest BCUT2D eigenvalue weighted by Gasteiger charge is -2.36. The van der Waals surface area contributed by atoms with Crippen molar-refractivity contribution in [3.05, 3.63) is 29.8 Å². The van der Waals surface area contributed by atoms with Crippen LogP contribution in [0.5, 0.6) is 5.75 Å². The summed E-state index contributed by atoms with van der Waals surface area (Å²) in [7, 11) is 0.479. The second kappa shape index (κ2) is 7.37. The van der Waals surface area contributed by atoms with E-state index in [0.29, 0.717) is 0 Å². The molecule has 0 saturated carbocycles. The van der Waals surface area contributed by atoms with Gasteiger partial charge in [0, 0.05) is 32.7 Å². The summed E-state index contributed by atoms with van der Waals surface area (Å²) < 4.78 is 6.35. The van der Waals surface area contributed by atoms with E-state index >= 15 is 0 Å². The van der Waals surface area contributed by atoms with Gasteiger partial charge in [0.05, 0.1) is 0 Å². The van der Waals surface area contributed by atoms with Crippen LogP contribution in [0.1, 0.15) is 26.3 Å². The fourth-order valence-corrected chi connectivity index (χ4v) is 3.56. The summed E-state index contributed by atoms with van der Waals surface area (Å²) in [5.41, 5.74) is 1.41. The van der Waals surface area contributed by atoms with Gasteiger partial charge in [0.15, 0.2) is 0 Å². The normalized spacial score (nSPS) is 18.2. The van der Waals surface area contributed by atoms with Gasteiger partial charge in [-0.2, -0.15) is 0 Å². The molecule has 0 aromatic heterocycles. The highest BCUT2D eigenvalue weighted by atomic mass is 28.4. The molecule has 0 spiro atoms. The third-order valence-corrected chi connectivity index (χ3v) is 9.77. The molecule has 1 fully saturated rings. The Morgan fingerprint density at radius 3 is 2.09 bits per heavy atom. The van der Waals surface area contributed by atoms with Crippen LogP contribution in [-0.2, 0) is 6.42 Å². The molecule has 4 heteroatoms. The van der Waals surface area contributed by atoms with Crippen LogP contribution in [0.2, 0.25) is 18.1 Å². The van der Waals surface area contributed by atoms with E-state index in [1.54, 1.807) is 0 Å². The zero-order chi connectivity index (χ0) is 17.1. The third kappa shape index (κ3) is 5.33. The molecule has 130 valence electrons. The van der Waals surface area contributed by atoms with Gasteiger partial charge >= 0.3 is 0 Å². The average molecular weight is 335 g/mol. The summed E-state index contributed by atoms with van der Waals surface area (Å²) in [4.78, 5) is 4.98. The summed E-state index contributed by atoms with van der Waals surface area (Å²) >= 11 is 0. The zero-order valence-electron chi connectivity index (χ0n) is 15.9. The molecule has 1 aliphatic rings. The first kappa shape index (κ1) is 18.5. The van der Waals surface area contributed by atoms with E-state index in [1.165, 1.54) is 31.7 Å². The second-order valence-electron chi connectivity index (χ2n) is 8.40. The van der Waals surface area contributed by atoms with E-state index in [-0.39, 0.29) is 5.04 Å². The molecule has 1 aromatic carbocycles. The van der Waals surface area contributed by atoms with Gasteiger partial charge in [-0.3, -0.25) is 0 Å². The minimum absolute atomic E-state index is 0.243. The van der Waals surface area contributed by atoms with Crippen molar-refractivity contribution in [1.82, 2.24) is 9.80 Å². The van der Waals surface area contributed by atoms with Crippen LogP contribution in [0, 0.1) is 0 Å². The maximum Gasteiger partial charge on any atom is 0.250 e. The van der Waals surface area contributed by atoms with Crippen LogP contribution < -0.4 is 4.43 Å². The fourth-order valence-electron chi connectivity index (χ4n) is 2.53. The van der Waals surface area contributed by atoms with E-state index in [9.17, 15) is 0 Å². The molecule has 3 nitrogen and oxygen atoms in total. The van der Waals surface area contributed by atoms with Gasteiger partial charge in [-0.25, -0.2) is 0 Å². The lowest BCUT2D eigenvalue weighted by Crippen LogP contribution is -2.45. The first-order valence-corrected chi connectivity index (χ1v) is 11.8. The standard InChI is InChI=1S/C19H34N2OSi/c1-19(2,3)23(5,6)22-18-9-7-17(8-10-18)11-12-21-15-13-20(4)14-16-21/h7-10H,11-16H2,1-6H3. The van der Waals surface area contributed by atoms with E-state index in [1.807, 2.05) is 0 Å². The first-order valence-electron chi connectivity index (χ1n) is 8.86. The van der Waals surface area contributed by atoms with Crippen LogP contribution in [0.3, 0.4) is 0 Å². The maximum absolute atomic E-state index is 6.35. The number of piperazine rings is 1. The van der Waals surface area contributed by atoms with Crippen LogP contribution in [-0.4, -0.2) is 57.9 Å². The number of hydrogen-bond donors (Lipinski definition) is 0. The van der Waals surface area contributed by atoms with Crippen LogP contribution in [0.4, 0.5) is 0 Å². The fraction of sp³-hybridized carbons (Fsp3) is 0.684. The number of benzene rings is 1. The van der Waals surface area contributed by atoms with E-state index in [4.69, 9.17) is 4.43 Å². The molecular formula is C19H34N2OSi. The minimum atomic E-state index is -1.73. The van der Waals surface area contributed by atoms with Crippen LogP contribution >= 0.6 is 0 Å². The van der Waals surface area contributed by atoms with Crippen molar-refractivity contribution in [3.63, 3.8) is 0 Å². The van der Waals surface area contributed by atoms with Gasteiger partial charge in [0.25, 0.3) is 0 Å². The quantitative estimate of drug-likeness (QED) is 0.761. The smallest absolute Gasteiger partial charge is 0.250 e. The molecular weight excluding hydrogens is 300 g/mol. The molecule has 0 N–H and O–H groups in total. The molecule has 0 radical (unpaired) electrons. The van der Waals surface area contributed by atoms with Crippen molar-refractivity contribution in [2.75, 3.05) is 39.8 Å². The van der Waals surface area contributed by atoms with Crippen molar-refractivity contribution < 1.29 is 4.43 Å². The number of nitrogens with zero attached hydrogens (tertiary/aromatic N) is 2. The summed E-state index contributed by atoms with van der Waals surface area (Å²) in [6.07, 6.45) is 1.13. The van der Waals surface area contributed by atoms with Gasteiger partial charge in [0.2, 0.25) is 8.32 Å². The Labute approximate surface area is 143 Å². The summed E-state index contributed by atoms with van der Waals surface area (Å²) in [5, 5.41) is 0.243. The molecule has 1 saturated heterocycles. The highest BCUT2D eigenvalue weighted by Crippen LogP contribution is 2.37. The predicted molar refractivity (Wildman–Crippen MR) is 102 cm³/mol. The lowest BCUT2D eigenvalue weighted by atomic mass is 10.1. The Morgan fingerprint density at radius 1 is 1.00 bits per heavy atom. The molecule has 0 amide bonds. The lowest BCUT2D eigenvalue weighted by molar-refractivity contribution is 0.155. The van der Waals surface area contributed by atoms with Crippen molar-refractivity contribution in [1.29, 1.82) is 0 Å². The molecule has 1 aliphatic heterocycles. The maximum atomic E-state index is 6.35. The van der Waals surface area contributed by atoms with Gasteiger partial charge in [0.1, 0.15) is 5.75 Å². The molecule has 1 heterocycles. The molecule has 0 bridgehead atoms. The van der Waals surface area contributed by atoms with E-state index in [0.717, 1.165) is 18.7 Å². The second-order valence-corrected chi connectivity index (χ2v) is 13.1. The number of likely N-dealkylation sites (N-methyl/N-ethyl adjacent to an activating group) is 1. The SMILES string of the molecule is CN1CCN(CCc2ccc(O[Si](C)(C)C(C)(C)C)cc2)CC1.